The van der Waals surface area contributed by atoms with Crippen molar-refractivity contribution in [3.63, 3.8) is 0 Å². The van der Waals surface area contributed by atoms with E-state index < -0.39 is 0 Å². The molecule has 1 unspecified atom stereocenters. The number of hydrogen-bond acceptors (Lipinski definition) is 3. The van der Waals surface area contributed by atoms with Crippen LogP contribution in [0.5, 0.6) is 0 Å². The minimum Gasteiger partial charge on any atom is -0.395 e. The first-order valence-corrected chi connectivity index (χ1v) is 7.46. The zero-order valence-electron chi connectivity index (χ0n) is 13.0. The lowest BCUT2D eigenvalue weighted by atomic mass is 9.80. The van der Waals surface area contributed by atoms with Crippen LogP contribution in [0.15, 0.2) is 0 Å². The third-order valence-electron chi connectivity index (χ3n) is 4.29. The standard InChI is InChI=1S/C15H26N4O/c1-5-6-11-12(16)13(18-17-11)14(20)19-8-7-10(9-19)15(2,3)4/h10H,5-9,16H2,1-4H3,(H,17,18). The van der Waals surface area contributed by atoms with Crippen LogP contribution in [0.3, 0.4) is 0 Å². The van der Waals surface area contributed by atoms with Crippen molar-refractivity contribution in [1.82, 2.24) is 15.1 Å². The van der Waals surface area contributed by atoms with E-state index in [0.29, 0.717) is 17.3 Å². The molecule has 0 saturated carbocycles. The maximum atomic E-state index is 12.5. The summed E-state index contributed by atoms with van der Waals surface area (Å²) in [5.74, 6) is 0.509. The molecular formula is C15H26N4O. The number of H-pyrrole nitrogens is 1. The van der Waals surface area contributed by atoms with Gasteiger partial charge in [0.2, 0.25) is 0 Å². The molecule has 0 aliphatic carbocycles. The van der Waals surface area contributed by atoms with Gasteiger partial charge in [-0.05, 0) is 24.2 Å². The van der Waals surface area contributed by atoms with Crippen molar-refractivity contribution in [3.05, 3.63) is 11.4 Å². The topological polar surface area (TPSA) is 75.0 Å². The van der Waals surface area contributed by atoms with E-state index in [-0.39, 0.29) is 11.3 Å². The molecule has 0 aromatic carbocycles. The van der Waals surface area contributed by atoms with Crippen LogP contribution in [0.2, 0.25) is 0 Å². The first-order chi connectivity index (χ1) is 9.34. The molecule has 0 spiro atoms. The summed E-state index contributed by atoms with van der Waals surface area (Å²) in [6.07, 6.45) is 2.87. The Morgan fingerprint density at radius 3 is 2.75 bits per heavy atom. The third-order valence-corrected chi connectivity index (χ3v) is 4.29. The van der Waals surface area contributed by atoms with Crippen molar-refractivity contribution in [2.75, 3.05) is 18.8 Å². The largest absolute Gasteiger partial charge is 0.395 e. The van der Waals surface area contributed by atoms with Gasteiger partial charge in [-0.1, -0.05) is 34.1 Å². The van der Waals surface area contributed by atoms with Gasteiger partial charge in [0.15, 0.2) is 5.69 Å². The highest BCUT2D eigenvalue weighted by Gasteiger charge is 2.35. The lowest BCUT2D eigenvalue weighted by molar-refractivity contribution is 0.0772. The number of aromatic nitrogens is 2. The molecule has 1 saturated heterocycles. The van der Waals surface area contributed by atoms with Gasteiger partial charge in [0.1, 0.15) is 0 Å². The molecule has 5 heteroatoms. The number of hydrogen-bond donors (Lipinski definition) is 2. The second-order valence-corrected chi connectivity index (χ2v) is 6.82. The van der Waals surface area contributed by atoms with Crippen LogP contribution < -0.4 is 5.73 Å². The number of nitrogens with zero attached hydrogens (tertiary/aromatic N) is 2. The van der Waals surface area contributed by atoms with Gasteiger partial charge in [0, 0.05) is 13.1 Å². The lowest BCUT2D eigenvalue weighted by Gasteiger charge is -2.26. The number of amides is 1. The number of aromatic amines is 1. The molecule has 1 atom stereocenters. The Kier molecular flexibility index (Phi) is 4.06. The molecule has 2 rings (SSSR count). The van der Waals surface area contributed by atoms with Crippen molar-refractivity contribution in [3.8, 4) is 0 Å². The van der Waals surface area contributed by atoms with Crippen molar-refractivity contribution in [1.29, 1.82) is 0 Å². The fourth-order valence-electron chi connectivity index (χ4n) is 2.79. The van der Waals surface area contributed by atoms with Crippen LogP contribution in [0, 0.1) is 11.3 Å². The highest BCUT2D eigenvalue weighted by atomic mass is 16.2. The van der Waals surface area contributed by atoms with Gasteiger partial charge in [-0.25, -0.2) is 0 Å². The van der Waals surface area contributed by atoms with E-state index in [1.165, 1.54) is 0 Å². The molecular weight excluding hydrogens is 252 g/mol. The first kappa shape index (κ1) is 14.9. The molecule has 20 heavy (non-hydrogen) atoms. The number of carbonyl (C=O) groups is 1. The van der Waals surface area contributed by atoms with E-state index in [0.717, 1.165) is 38.0 Å². The number of anilines is 1. The van der Waals surface area contributed by atoms with Crippen molar-refractivity contribution in [2.24, 2.45) is 11.3 Å². The summed E-state index contributed by atoms with van der Waals surface area (Å²) in [6.45, 7) is 10.4. The first-order valence-electron chi connectivity index (χ1n) is 7.46. The summed E-state index contributed by atoms with van der Waals surface area (Å²) >= 11 is 0. The van der Waals surface area contributed by atoms with Crippen LogP contribution in [-0.4, -0.2) is 34.1 Å². The molecule has 3 N–H and O–H groups in total. The Balaban J connectivity index is 2.09. The van der Waals surface area contributed by atoms with Crippen LogP contribution in [0.25, 0.3) is 0 Å². The molecule has 1 aliphatic heterocycles. The van der Waals surface area contributed by atoms with Gasteiger partial charge in [0.25, 0.3) is 5.91 Å². The van der Waals surface area contributed by atoms with Crippen LogP contribution >= 0.6 is 0 Å². The predicted octanol–water partition coefficient (Wildman–Crippen LogP) is 2.45. The molecule has 1 aromatic heterocycles. The highest BCUT2D eigenvalue weighted by Crippen LogP contribution is 2.34. The molecule has 1 fully saturated rings. The summed E-state index contributed by atoms with van der Waals surface area (Å²) in [5.41, 5.74) is 8.07. The maximum Gasteiger partial charge on any atom is 0.276 e. The minimum absolute atomic E-state index is 0.0344. The normalized spacial score (nSPS) is 19.6. The van der Waals surface area contributed by atoms with Gasteiger partial charge in [-0.15, -0.1) is 0 Å². The minimum atomic E-state index is -0.0344. The summed E-state index contributed by atoms with van der Waals surface area (Å²) in [4.78, 5) is 14.4. The number of likely N-dealkylation sites (tertiary alicyclic amines) is 1. The van der Waals surface area contributed by atoms with Crippen LogP contribution in [0.4, 0.5) is 5.69 Å². The molecule has 2 heterocycles. The second-order valence-electron chi connectivity index (χ2n) is 6.82. The summed E-state index contributed by atoms with van der Waals surface area (Å²) in [7, 11) is 0. The van der Waals surface area contributed by atoms with E-state index in [1.54, 1.807) is 0 Å². The van der Waals surface area contributed by atoms with Gasteiger partial charge in [-0.3, -0.25) is 9.89 Å². The summed E-state index contributed by atoms with van der Waals surface area (Å²) in [6, 6.07) is 0. The average molecular weight is 278 g/mol. The van der Waals surface area contributed by atoms with E-state index in [2.05, 4.69) is 37.9 Å². The van der Waals surface area contributed by atoms with Gasteiger partial charge in [0.05, 0.1) is 11.4 Å². The Labute approximate surface area is 120 Å². The lowest BCUT2D eigenvalue weighted by Crippen LogP contribution is -2.31. The van der Waals surface area contributed by atoms with Gasteiger partial charge >= 0.3 is 0 Å². The van der Waals surface area contributed by atoms with E-state index in [9.17, 15) is 4.79 Å². The Bertz CT molecular complexity index is 487. The fourth-order valence-corrected chi connectivity index (χ4v) is 2.79. The number of nitrogen functional groups attached to an aromatic ring is 1. The molecule has 0 radical (unpaired) electrons. The zero-order valence-corrected chi connectivity index (χ0v) is 13.0. The van der Waals surface area contributed by atoms with Crippen molar-refractivity contribution < 1.29 is 4.79 Å². The predicted molar refractivity (Wildman–Crippen MR) is 80.5 cm³/mol. The summed E-state index contributed by atoms with van der Waals surface area (Å²) in [5, 5.41) is 7.02. The SMILES string of the molecule is CCCc1[nH]nc(C(=O)N2CCC(C(C)(C)C)C2)c1N. The molecule has 1 aromatic rings. The number of rotatable bonds is 3. The molecule has 5 nitrogen and oxygen atoms in total. The van der Waals surface area contributed by atoms with Crippen LogP contribution in [-0.2, 0) is 6.42 Å². The van der Waals surface area contributed by atoms with Gasteiger partial charge < -0.3 is 10.6 Å². The monoisotopic (exact) mass is 278 g/mol. The Hall–Kier alpha value is -1.52. The Morgan fingerprint density at radius 2 is 2.20 bits per heavy atom. The van der Waals surface area contributed by atoms with E-state index >= 15 is 0 Å². The smallest absolute Gasteiger partial charge is 0.276 e. The van der Waals surface area contributed by atoms with Crippen LogP contribution in [0.1, 0.15) is 56.7 Å². The van der Waals surface area contributed by atoms with E-state index in [4.69, 9.17) is 5.73 Å². The number of nitrogens with one attached hydrogen (secondary N) is 1. The fraction of sp³-hybridized carbons (Fsp3) is 0.733. The third kappa shape index (κ3) is 2.81. The maximum absolute atomic E-state index is 12.5. The Morgan fingerprint density at radius 1 is 1.50 bits per heavy atom. The van der Waals surface area contributed by atoms with Gasteiger partial charge in [-0.2, -0.15) is 5.10 Å². The van der Waals surface area contributed by atoms with E-state index in [1.807, 2.05) is 4.90 Å². The molecule has 0 bridgehead atoms. The molecule has 1 aliphatic rings. The molecule has 112 valence electrons. The quantitative estimate of drug-likeness (QED) is 0.891. The number of carbonyl (C=O) groups excluding carboxylic acids is 1. The number of aryl methyl sites for hydroxylation is 1. The number of nitrogens with two attached hydrogens (primary N) is 1. The zero-order chi connectivity index (χ0) is 14.9. The second kappa shape index (κ2) is 5.46. The average Bonchev–Trinajstić information content (AvgIpc) is 2.97. The highest BCUT2D eigenvalue weighted by molar-refractivity contribution is 5.97. The van der Waals surface area contributed by atoms with Crippen molar-refractivity contribution >= 4 is 11.6 Å². The molecule has 1 amide bonds. The van der Waals surface area contributed by atoms with Crippen molar-refractivity contribution in [2.45, 2.75) is 47.0 Å². The summed E-state index contributed by atoms with van der Waals surface area (Å²) < 4.78 is 0.